The van der Waals surface area contributed by atoms with E-state index in [2.05, 4.69) is 15.6 Å². The van der Waals surface area contributed by atoms with Crippen molar-refractivity contribution in [3.63, 3.8) is 0 Å². The van der Waals surface area contributed by atoms with Crippen LogP contribution in [-0.2, 0) is 13.2 Å². The quantitative estimate of drug-likeness (QED) is 0.523. The number of fused-ring (bicyclic) bond motifs is 3. The molecule has 1 aromatic heterocycles. The molecule has 0 atom stereocenters. The van der Waals surface area contributed by atoms with Crippen LogP contribution in [0.1, 0.15) is 27.0 Å². The van der Waals surface area contributed by atoms with E-state index in [4.69, 9.17) is 9.47 Å². The first-order chi connectivity index (χ1) is 15.1. The fourth-order valence-corrected chi connectivity index (χ4v) is 3.93. The summed E-state index contributed by atoms with van der Waals surface area (Å²) in [6.45, 7) is 1.00. The standard InChI is InChI=1S/C25H20N2O4/c1-30-18-7-8-23-22(13-18)26-15-27(23)11-10-20-19-5-3-2-4-17(19)14-31-24-9-6-16(25(28)29)12-21(20)24/h2-10,12-13,15H,11,14H2,1H3,(H,28,29). The Morgan fingerprint density at radius 1 is 1.16 bits per heavy atom. The third-order valence-corrected chi connectivity index (χ3v) is 5.53. The largest absolute Gasteiger partial charge is 0.497 e. The van der Waals surface area contributed by atoms with Gasteiger partial charge in [-0.3, -0.25) is 0 Å². The number of ether oxygens (including phenoxy) is 2. The first-order valence-corrected chi connectivity index (χ1v) is 9.92. The molecule has 1 N–H and O–H groups in total. The van der Waals surface area contributed by atoms with Crippen LogP contribution in [0.5, 0.6) is 11.5 Å². The zero-order valence-electron chi connectivity index (χ0n) is 16.9. The summed E-state index contributed by atoms with van der Waals surface area (Å²) in [5, 5.41) is 9.50. The van der Waals surface area contributed by atoms with E-state index in [-0.39, 0.29) is 5.56 Å². The van der Waals surface area contributed by atoms with E-state index >= 15 is 0 Å². The van der Waals surface area contributed by atoms with E-state index in [1.54, 1.807) is 31.6 Å². The number of rotatable bonds is 4. The number of aromatic nitrogens is 2. The highest BCUT2D eigenvalue weighted by Crippen LogP contribution is 2.37. The van der Waals surface area contributed by atoms with Crippen molar-refractivity contribution < 1.29 is 19.4 Å². The number of carboxylic acid groups (broad SMARTS) is 1. The highest BCUT2D eigenvalue weighted by Gasteiger charge is 2.20. The highest BCUT2D eigenvalue weighted by atomic mass is 16.5. The minimum absolute atomic E-state index is 0.229. The van der Waals surface area contributed by atoms with Crippen molar-refractivity contribution in [3.8, 4) is 11.5 Å². The minimum atomic E-state index is -0.964. The predicted molar refractivity (Wildman–Crippen MR) is 118 cm³/mol. The minimum Gasteiger partial charge on any atom is -0.497 e. The molecule has 6 heteroatoms. The lowest BCUT2D eigenvalue weighted by Crippen LogP contribution is -2.00. The topological polar surface area (TPSA) is 73.6 Å². The van der Waals surface area contributed by atoms with Crippen LogP contribution in [0.2, 0.25) is 0 Å². The van der Waals surface area contributed by atoms with Crippen LogP contribution in [0.4, 0.5) is 0 Å². The molecule has 0 unspecified atom stereocenters. The van der Waals surface area contributed by atoms with Crippen molar-refractivity contribution in [1.29, 1.82) is 0 Å². The first kappa shape index (κ1) is 18.9. The summed E-state index contributed by atoms with van der Waals surface area (Å²) >= 11 is 0. The molecular weight excluding hydrogens is 392 g/mol. The van der Waals surface area contributed by atoms with Gasteiger partial charge in [0.15, 0.2) is 0 Å². The monoisotopic (exact) mass is 412 g/mol. The number of aromatic carboxylic acids is 1. The van der Waals surface area contributed by atoms with Crippen LogP contribution in [0.15, 0.2) is 73.1 Å². The molecular formula is C25H20N2O4. The Morgan fingerprint density at radius 3 is 2.87 bits per heavy atom. The molecule has 0 radical (unpaired) electrons. The van der Waals surface area contributed by atoms with Crippen LogP contribution in [0.25, 0.3) is 16.6 Å². The summed E-state index contributed by atoms with van der Waals surface area (Å²) in [6.07, 6.45) is 3.90. The number of hydrogen-bond acceptors (Lipinski definition) is 4. The van der Waals surface area contributed by atoms with Crippen molar-refractivity contribution >= 4 is 22.6 Å². The van der Waals surface area contributed by atoms with Crippen molar-refractivity contribution in [2.24, 2.45) is 0 Å². The summed E-state index contributed by atoms with van der Waals surface area (Å²) < 4.78 is 13.3. The average Bonchev–Trinajstić information content (AvgIpc) is 3.13. The van der Waals surface area contributed by atoms with E-state index in [1.807, 2.05) is 42.5 Å². The molecule has 0 fully saturated rings. The molecule has 0 bridgehead atoms. The third-order valence-electron chi connectivity index (χ3n) is 5.53. The van der Waals surface area contributed by atoms with Gasteiger partial charge in [0.2, 0.25) is 0 Å². The Bertz CT molecular complexity index is 1340. The number of methoxy groups -OCH3 is 1. The predicted octanol–water partition coefficient (Wildman–Crippen LogP) is 4.77. The van der Waals surface area contributed by atoms with Crippen LogP contribution < -0.4 is 9.47 Å². The number of carbonyl (C=O) groups is 1. The van der Waals surface area contributed by atoms with Gasteiger partial charge in [-0.2, -0.15) is 0 Å². The zero-order chi connectivity index (χ0) is 21.4. The number of benzene rings is 3. The van der Waals surface area contributed by atoms with Gasteiger partial charge < -0.3 is 19.1 Å². The van der Waals surface area contributed by atoms with E-state index in [0.717, 1.165) is 39.0 Å². The summed E-state index contributed by atoms with van der Waals surface area (Å²) in [7, 11) is 1.64. The molecule has 6 nitrogen and oxygen atoms in total. The molecule has 0 saturated carbocycles. The summed E-state index contributed by atoms with van der Waals surface area (Å²) in [4.78, 5) is 16.1. The fraction of sp³-hybridized carbons (Fsp3) is 0.120. The number of hydrogen-bond donors (Lipinski definition) is 1. The molecule has 1 aliphatic heterocycles. The van der Waals surface area contributed by atoms with Gasteiger partial charge in [-0.05, 0) is 47.0 Å². The highest BCUT2D eigenvalue weighted by molar-refractivity contribution is 5.92. The normalized spacial score (nSPS) is 13.9. The molecule has 0 amide bonds. The summed E-state index contributed by atoms with van der Waals surface area (Å²) in [5.74, 6) is 0.475. The average molecular weight is 412 g/mol. The zero-order valence-corrected chi connectivity index (χ0v) is 16.9. The van der Waals surface area contributed by atoms with Crippen LogP contribution in [0.3, 0.4) is 0 Å². The molecule has 2 heterocycles. The van der Waals surface area contributed by atoms with E-state index in [1.165, 1.54) is 0 Å². The van der Waals surface area contributed by atoms with E-state index in [9.17, 15) is 9.90 Å². The van der Waals surface area contributed by atoms with Crippen LogP contribution in [0, 0.1) is 0 Å². The molecule has 0 aliphatic carbocycles. The van der Waals surface area contributed by atoms with Gasteiger partial charge in [-0.25, -0.2) is 9.78 Å². The maximum Gasteiger partial charge on any atom is 0.335 e. The second-order valence-electron chi connectivity index (χ2n) is 7.33. The Balaban J connectivity index is 1.63. The Morgan fingerprint density at radius 2 is 2.03 bits per heavy atom. The van der Waals surface area contributed by atoms with Crippen molar-refractivity contribution in [2.45, 2.75) is 13.2 Å². The van der Waals surface area contributed by atoms with Crippen molar-refractivity contribution in [3.05, 3.63) is 95.3 Å². The molecule has 4 aromatic rings. The molecule has 154 valence electrons. The number of carboxylic acids is 1. The molecule has 5 rings (SSSR count). The van der Waals surface area contributed by atoms with Crippen LogP contribution in [-0.4, -0.2) is 27.7 Å². The van der Waals surface area contributed by atoms with Crippen LogP contribution >= 0.6 is 0 Å². The second-order valence-corrected chi connectivity index (χ2v) is 7.33. The summed E-state index contributed by atoms with van der Waals surface area (Å²) in [6, 6.07) is 18.8. The summed E-state index contributed by atoms with van der Waals surface area (Å²) in [5.41, 5.74) is 5.90. The lowest BCUT2D eigenvalue weighted by molar-refractivity contribution is 0.0697. The molecule has 0 saturated heterocycles. The molecule has 31 heavy (non-hydrogen) atoms. The van der Waals surface area contributed by atoms with Crippen molar-refractivity contribution in [2.75, 3.05) is 7.11 Å². The fourth-order valence-electron chi connectivity index (χ4n) is 3.93. The van der Waals surface area contributed by atoms with Gasteiger partial charge in [-0.15, -0.1) is 0 Å². The number of allylic oxidation sites excluding steroid dienone is 1. The van der Waals surface area contributed by atoms with Gasteiger partial charge in [0.05, 0.1) is 30.0 Å². The number of imidazole rings is 1. The van der Waals surface area contributed by atoms with E-state index < -0.39 is 5.97 Å². The van der Waals surface area contributed by atoms with Gasteiger partial charge in [0, 0.05) is 18.2 Å². The van der Waals surface area contributed by atoms with Crippen molar-refractivity contribution in [1.82, 2.24) is 9.55 Å². The second kappa shape index (κ2) is 7.65. The first-order valence-electron chi connectivity index (χ1n) is 9.92. The number of nitrogens with zero attached hydrogens (tertiary/aromatic N) is 2. The Labute approximate surface area is 179 Å². The molecule has 0 spiro atoms. The Kier molecular flexibility index (Phi) is 4.67. The molecule has 3 aromatic carbocycles. The Hall–Kier alpha value is -4.06. The van der Waals surface area contributed by atoms with Gasteiger partial charge in [-0.1, -0.05) is 30.3 Å². The van der Waals surface area contributed by atoms with Gasteiger partial charge >= 0.3 is 5.97 Å². The van der Waals surface area contributed by atoms with Gasteiger partial charge in [0.1, 0.15) is 18.1 Å². The maximum absolute atomic E-state index is 11.6. The SMILES string of the molecule is COc1ccc2c(c1)ncn2CC=C1c2ccccc2COc2ccc(C(=O)O)cc21. The lowest BCUT2D eigenvalue weighted by Gasteiger charge is -2.12. The third kappa shape index (κ3) is 3.42. The van der Waals surface area contributed by atoms with E-state index in [0.29, 0.717) is 18.9 Å². The smallest absolute Gasteiger partial charge is 0.335 e. The molecule has 1 aliphatic rings. The van der Waals surface area contributed by atoms with Gasteiger partial charge in [0.25, 0.3) is 0 Å². The lowest BCUT2D eigenvalue weighted by atomic mass is 9.93. The maximum atomic E-state index is 11.6.